The highest BCUT2D eigenvalue weighted by Crippen LogP contribution is 2.35. The first-order valence-electron chi connectivity index (χ1n) is 6.05. The van der Waals surface area contributed by atoms with E-state index >= 15 is 0 Å². The van der Waals surface area contributed by atoms with Crippen molar-refractivity contribution in [1.82, 2.24) is 5.32 Å². The van der Waals surface area contributed by atoms with Crippen LogP contribution in [-0.2, 0) is 0 Å². The number of hydrogen-bond donors (Lipinski definition) is 1. The molecule has 0 amide bonds. The first-order chi connectivity index (χ1) is 9.43. The summed E-state index contributed by atoms with van der Waals surface area (Å²) in [6.45, 7) is 1.88. The molecule has 0 fully saturated rings. The van der Waals surface area contributed by atoms with Gasteiger partial charge in [-0.05, 0) is 49.4 Å². The molecule has 0 aliphatic carbocycles. The average Bonchev–Trinajstić information content (AvgIpc) is 2.42. The minimum atomic E-state index is -1.03. The Kier molecular flexibility index (Phi) is 4.35. The predicted molar refractivity (Wildman–Crippen MR) is 74.2 cm³/mol. The van der Waals surface area contributed by atoms with Crippen LogP contribution in [0.1, 0.15) is 18.5 Å². The first-order valence-corrected chi connectivity index (χ1v) is 6.43. The van der Waals surface area contributed by atoms with Crippen molar-refractivity contribution in [2.24, 2.45) is 0 Å². The lowest BCUT2D eigenvalue weighted by molar-refractivity contribution is 0.509. The van der Waals surface area contributed by atoms with Gasteiger partial charge in [-0.1, -0.05) is 17.7 Å². The van der Waals surface area contributed by atoms with Gasteiger partial charge in [0, 0.05) is 11.6 Å². The molecule has 1 N–H and O–H groups in total. The summed E-state index contributed by atoms with van der Waals surface area (Å²) in [7, 11) is 1.75. The van der Waals surface area contributed by atoms with Crippen LogP contribution < -0.4 is 5.32 Å². The summed E-state index contributed by atoms with van der Waals surface area (Å²) in [5, 5.41) is 3.06. The molecule has 1 unspecified atom stereocenters. The monoisotopic (exact) mass is 299 g/mol. The van der Waals surface area contributed by atoms with Crippen LogP contribution in [0.25, 0.3) is 11.1 Å². The maximum absolute atomic E-state index is 13.5. The molecule has 20 heavy (non-hydrogen) atoms. The van der Waals surface area contributed by atoms with E-state index in [1.807, 2.05) is 6.92 Å². The summed E-state index contributed by atoms with van der Waals surface area (Å²) >= 11 is 5.96. The molecule has 0 aromatic heterocycles. The Balaban J connectivity index is 2.68. The zero-order valence-electron chi connectivity index (χ0n) is 11.0. The average molecular weight is 300 g/mol. The minimum absolute atomic E-state index is 0.0408. The van der Waals surface area contributed by atoms with Crippen molar-refractivity contribution in [3.05, 3.63) is 58.4 Å². The van der Waals surface area contributed by atoms with Crippen molar-refractivity contribution < 1.29 is 13.2 Å². The van der Waals surface area contributed by atoms with Crippen LogP contribution in [0.4, 0.5) is 13.2 Å². The van der Waals surface area contributed by atoms with Crippen LogP contribution in [0, 0.1) is 17.5 Å². The molecule has 106 valence electrons. The molecule has 2 rings (SSSR count). The normalized spacial score (nSPS) is 12.5. The molecule has 0 saturated carbocycles. The van der Waals surface area contributed by atoms with E-state index in [9.17, 15) is 13.2 Å². The molecule has 0 spiro atoms. The highest BCUT2D eigenvalue weighted by Gasteiger charge is 2.16. The second kappa shape index (κ2) is 5.85. The van der Waals surface area contributed by atoms with E-state index in [4.69, 9.17) is 11.6 Å². The third-order valence-corrected chi connectivity index (χ3v) is 3.53. The Morgan fingerprint density at radius 2 is 1.65 bits per heavy atom. The van der Waals surface area contributed by atoms with E-state index in [1.54, 1.807) is 13.1 Å². The van der Waals surface area contributed by atoms with Crippen LogP contribution in [0.2, 0.25) is 5.02 Å². The standard InChI is InChI=1S/C15H13ClF3N/c1-8(20-2)10-4-3-9(17)5-11(10)12-6-14(18)15(19)7-13(12)16/h3-8,20H,1-2H3. The fourth-order valence-electron chi connectivity index (χ4n) is 2.02. The summed E-state index contributed by atoms with van der Waals surface area (Å²) in [5.74, 6) is -2.51. The van der Waals surface area contributed by atoms with Crippen LogP contribution in [0.3, 0.4) is 0 Å². The minimum Gasteiger partial charge on any atom is -0.313 e. The molecular formula is C15H13ClF3N. The number of rotatable bonds is 3. The van der Waals surface area contributed by atoms with Crippen LogP contribution in [0.5, 0.6) is 0 Å². The molecule has 1 nitrogen and oxygen atoms in total. The predicted octanol–water partition coefficient (Wildman–Crippen LogP) is 4.70. The van der Waals surface area contributed by atoms with Gasteiger partial charge in [0.05, 0.1) is 5.02 Å². The van der Waals surface area contributed by atoms with Gasteiger partial charge in [0.1, 0.15) is 5.82 Å². The SMILES string of the molecule is CNC(C)c1ccc(F)cc1-c1cc(F)c(F)cc1Cl. The van der Waals surface area contributed by atoms with E-state index in [2.05, 4.69) is 5.32 Å². The van der Waals surface area contributed by atoms with E-state index in [0.29, 0.717) is 5.56 Å². The van der Waals surface area contributed by atoms with Crippen molar-refractivity contribution >= 4 is 11.6 Å². The summed E-state index contributed by atoms with van der Waals surface area (Å²) in [6.07, 6.45) is 0. The topological polar surface area (TPSA) is 12.0 Å². The highest BCUT2D eigenvalue weighted by atomic mass is 35.5. The Hall–Kier alpha value is -1.52. The molecule has 0 bridgehead atoms. The van der Waals surface area contributed by atoms with Gasteiger partial charge in [0.15, 0.2) is 11.6 Å². The van der Waals surface area contributed by atoms with Gasteiger partial charge in [-0.3, -0.25) is 0 Å². The maximum atomic E-state index is 13.5. The Labute approximate surface area is 120 Å². The molecule has 0 saturated heterocycles. The van der Waals surface area contributed by atoms with E-state index in [0.717, 1.165) is 17.7 Å². The quantitative estimate of drug-likeness (QED) is 0.810. The lowest BCUT2D eigenvalue weighted by Gasteiger charge is -2.17. The molecule has 0 radical (unpaired) electrons. The third-order valence-electron chi connectivity index (χ3n) is 3.21. The molecule has 2 aromatic rings. The van der Waals surface area contributed by atoms with Gasteiger partial charge in [-0.25, -0.2) is 13.2 Å². The number of benzene rings is 2. The Morgan fingerprint density at radius 3 is 2.30 bits per heavy atom. The molecule has 2 aromatic carbocycles. The van der Waals surface area contributed by atoms with Gasteiger partial charge in [-0.2, -0.15) is 0 Å². The van der Waals surface area contributed by atoms with Crippen molar-refractivity contribution in [2.75, 3.05) is 7.05 Å². The van der Waals surface area contributed by atoms with Crippen LogP contribution in [-0.4, -0.2) is 7.05 Å². The number of hydrogen-bond acceptors (Lipinski definition) is 1. The summed E-state index contributed by atoms with van der Waals surface area (Å²) in [5.41, 5.74) is 1.46. The van der Waals surface area contributed by atoms with Crippen LogP contribution in [0.15, 0.2) is 30.3 Å². The molecule has 0 aliphatic rings. The summed E-state index contributed by atoms with van der Waals surface area (Å²) in [4.78, 5) is 0. The maximum Gasteiger partial charge on any atom is 0.160 e. The van der Waals surface area contributed by atoms with Gasteiger partial charge in [-0.15, -0.1) is 0 Å². The summed E-state index contributed by atoms with van der Waals surface area (Å²) < 4.78 is 40.0. The smallest absolute Gasteiger partial charge is 0.160 e. The lowest BCUT2D eigenvalue weighted by atomic mass is 9.95. The Morgan fingerprint density at radius 1 is 1.00 bits per heavy atom. The van der Waals surface area contributed by atoms with Crippen molar-refractivity contribution in [3.8, 4) is 11.1 Å². The molecule has 0 heterocycles. The Bertz CT molecular complexity index is 643. The van der Waals surface area contributed by atoms with Gasteiger partial charge < -0.3 is 5.32 Å². The fourth-order valence-corrected chi connectivity index (χ4v) is 2.28. The first kappa shape index (κ1) is 14.9. The lowest BCUT2D eigenvalue weighted by Crippen LogP contribution is -2.13. The van der Waals surface area contributed by atoms with E-state index in [1.165, 1.54) is 12.1 Å². The third kappa shape index (κ3) is 2.81. The zero-order chi connectivity index (χ0) is 14.9. The van der Waals surface area contributed by atoms with Crippen molar-refractivity contribution in [1.29, 1.82) is 0 Å². The molecule has 5 heteroatoms. The van der Waals surface area contributed by atoms with E-state index < -0.39 is 17.5 Å². The molecular weight excluding hydrogens is 287 g/mol. The van der Waals surface area contributed by atoms with Crippen molar-refractivity contribution in [2.45, 2.75) is 13.0 Å². The van der Waals surface area contributed by atoms with E-state index in [-0.39, 0.29) is 16.6 Å². The highest BCUT2D eigenvalue weighted by molar-refractivity contribution is 6.33. The van der Waals surface area contributed by atoms with Crippen molar-refractivity contribution in [3.63, 3.8) is 0 Å². The van der Waals surface area contributed by atoms with Gasteiger partial charge in [0.2, 0.25) is 0 Å². The summed E-state index contributed by atoms with van der Waals surface area (Å²) in [6, 6.07) is 5.98. The molecule has 0 aliphatic heterocycles. The second-order valence-electron chi connectivity index (χ2n) is 4.49. The van der Waals surface area contributed by atoms with Gasteiger partial charge in [0.25, 0.3) is 0 Å². The fraction of sp³-hybridized carbons (Fsp3) is 0.200. The second-order valence-corrected chi connectivity index (χ2v) is 4.90. The number of nitrogens with one attached hydrogen (secondary N) is 1. The van der Waals surface area contributed by atoms with Gasteiger partial charge >= 0.3 is 0 Å². The zero-order valence-corrected chi connectivity index (χ0v) is 11.7. The van der Waals surface area contributed by atoms with Crippen LogP contribution >= 0.6 is 11.6 Å². The number of halogens is 4. The molecule has 1 atom stereocenters. The largest absolute Gasteiger partial charge is 0.313 e.